The van der Waals surface area contributed by atoms with Crippen LogP contribution in [0.1, 0.15) is 93.6 Å². The van der Waals surface area contributed by atoms with Crippen molar-refractivity contribution in [2.75, 3.05) is 0 Å². The molecule has 3 heterocycles. The van der Waals surface area contributed by atoms with Crippen LogP contribution in [0.3, 0.4) is 0 Å². The molecule has 2 aromatic carbocycles. The van der Waals surface area contributed by atoms with Crippen LogP contribution in [0.4, 0.5) is 0 Å². The Balaban J connectivity index is 0.000000301. The SMILES string of the molecule is CCC(C)(CC)C(=O)/C=C(\O)C(C)(CC)CC.[CH2-][n+]1ccc(-c2nccc3sccc23)cc1-c1[c-]c2ccccc2c(C(C)(C)C)c1.[Ir]. The molecule has 5 rings (SSSR count). The van der Waals surface area contributed by atoms with Crippen LogP contribution in [0, 0.1) is 23.9 Å². The van der Waals surface area contributed by atoms with Crippen molar-refractivity contribution in [1.82, 2.24) is 4.98 Å². The first-order valence-electron chi connectivity index (χ1n) is 16.8. The first-order chi connectivity index (χ1) is 22.2. The molecule has 0 atom stereocenters. The number of nitrogens with zero attached hydrogens (tertiary/aromatic N) is 2. The van der Waals surface area contributed by atoms with Gasteiger partial charge in [0.15, 0.2) is 5.78 Å². The summed E-state index contributed by atoms with van der Waals surface area (Å²) < 4.78 is 3.17. The number of fused-ring (bicyclic) bond motifs is 2. The molecule has 0 amide bonds. The van der Waals surface area contributed by atoms with E-state index in [1.165, 1.54) is 27.1 Å². The molecule has 0 unspecified atom stereocenters. The molecule has 0 bridgehead atoms. The fourth-order valence-corrected chi connectivity index (χ4v) is 6.49. The van der Waals surface area contributed by atoms with Crippen LogP contribution in [-0.2, 0) is 30.3 Å². The van der Waals surface area contributed by atoms with E-state index in [0.717, 1.165) is 53.6 Å². The molecule has 257 valence electrons. The van der Waals surface area contributed by atoms with E-state index in [9.17, 15) is 9.90 Å². The summed E-state index contributed by atoms with van der Waals surface area (Å²) in [6.07, 6.45) is 8.65. The van der Waals surface area contributed by atoms with Crippen LogP contribution >= 0.6 is 11.3 Å². The van der Waals surface area contributed by atoms with Gasteiger partial charge in [-0.1, -0.05) is 91.5 Å². The number of aliphatic hydroxyl groups is 1. The van der Waals surface area contributed by atoms with Gasteiger partial charge in [-0.2, -0.15) is 0 Å². The summed E-state index contributed by atoms with van der Waals surface area (Å²) in [5, 5.41) is 15.8. The van der Waals surface area contributed by atoms with E-state index < -0.39 is 0 Å². The normalized spacial score (nSPS) is 12.4. The molecule has 1 radical (unpaired) electrons. The fourth-order valence-electron chi connectivity index (χ4n) is 5.71. The first kappa shape index (κ1) is 39.1. The summed E-state index contributed by atoms with van der Waals surface area (Å²) in [4.78, 5) is 16.9. The number of carbonyl (C=O) groups is 1. The van der Waals surface area contributed by atoms with E-state index in [0.29, 0.717) is 0 Å². The zero-order valence-electron chi connectivity index (χ0n) is 30.0. The van der Waals surface area contributed by atoms with Crippen molar-refractivity contribution in [2.24, 2.45) is 10.8 Å². The van der Waals surface area contributed by atoms with Crippen molar-refractivity contribution < 1.29 is 34.6 Å². The van der Waals surface area contributed by atoms with E-state index in [-0.39, 0.29) is 47.9 Å². The zero-order chi connectivity index (χ0) is 34.6. The van der Waals surface area contributed by atoms with Gasteiger partial charge < -0.3 is 9.67 Å². The molecule has 1 N–H and O–H groups in total. The van der Waals surface area contributed by atoms with Crippen molar-refractivity contribution in [3.8, 4) is 22.5 Å². The Kier molecular flexibility index (Phi) is 13.0. The van der Waals surface area contributed by atoms with Gasteiger partial charge in [0.05, 0.1) is 11.9 Å². The molecule has 0 aliphatic carbocycles. The van der Waals surface area contributed by atoms with Gasteiger partial charge >= 0.3 is 0 Å². The molecule has 6 heteroatoms. The minimum atomic E-state index is -0.337. The molecular weight excluding hydrogens is 789 g/mol. The summed E-state index contributed by atoms with van der Waals surface area (Å²) >= 11 is 1.74. The van der Waals surface area contributed by atoms with E-state index in [1.54, 1.807) is 11.3 Å². The van der Waals surface area contributed by atoms with E-state index in [4.69, 9.17) is 0 Å². The summed E-state index contributed by atoms with van der Waals surface area (Å²) in [5.74, 6) is 0.286. The molecule has 3 aromatic heterocycles. The standard InChI is InChI=1S/C27H23N2S.C15H28O2.Ir/c1-27(2,3)23-16-20(15-18-7-5-6-8-21(18)23)24-17-19(10-13-29(24)4)26-22-11-14-30-25(22)9-12-28-26;1-7-14(5,8-2)12(16)11-13(17)15(6,9-3)10-4;/h5-14,16-17H,4H2,1-3H3;11,16H,7-10H2,1-6H3;/q-1;;/b;12-11-;. The van der Waals surface area contributed by atoms with Gasteiger partial charge in [-0.05, 0) is 66.3 Å². The summed E-state index contributed by atoms with van der Waals surface area (Å²) in [6.45, 7) is 18.9. The smallest absolute Gasteiger partial charge is 0.164 e. The minimum Gasteiger partial charge on any atom is -0.512 e. The van der Waals surface area contributed by atoms with E-state index in [1.807, 2.05) is 58.5 Å². The molecule has 4 nitrogen and oxygen atoms in total. The van der Waals surface area contributed by atoms with Crippen molar-refractivity contribution in [1.29, 1.82) is 0 Å². The van der Waals surface area contributed by atoms with Crippen LogP contribution in [-0.4, -0.2) is 15.9 Å². The van der Waals surface area contributed by atoms with Gasteiger partial charge in [0.25, 0.3) is 0 Å². The number of aromatic nitrogens is 2. The molecule has 0 saturated carbocycles. The third-order valence-electron chi connectivity index (χ3n) is 10.2. The Labute approximate surface area is 305 Å². The maximum absolute atomic E-state index is 12.2. The Morgan fingerprint density at radius 2 is 1.56 bits per heavy atom. The number of benzene rings is 2. The quantitative estimate of drug-likeness (QED) is 0.0696. The third kappa shape index (κ3) is 8.27. The van der Waals surface area contributed by atoms with Gasteiger partial charge in [0.2, 0.25) is 0 Å². The average Bonchev–Trinajstić information content (AvgIpc) is 3.56. The van der Waals surface area contributed by atoms with Crippen LogP contribution in [0.2, 0.25) is 0 Å². The van der Waals surface area contributed by atoms with Gasteiger partial charge in [-0.3, -0.25) is 9.78 Å². The second-order valence-corrected chi connectivity index (χ2v) is 15.0. The fraction of sp³-hybridized carbons (Fsp3) is 0.381. The van der Waals surface area contributed by atoms with Crippen molar-refractivity contribution in [3.63, 3.8) is 0 Å². The van der Waals surface area contributed by atoms with Gasteiger partial charge in [0.1, 0.15) is 11.5 Å². The molecule has 48 heavy (non-hydrogen) atoms. The minimum absolute atomic E-state index is 0. The van der Waals surface area contributed by atoms with Crippen LogP contribution < -0.4 is 4.57 Å². The molecule has 0 aliphatic heterocycles. The number of thiophene rings is 1. The molecule has 0 saturated heterocycles. The number of pyridine rings is 2. The van der Waals surface area contributed by atoms with Crippen LogP contribution in [0.25, 0.3) is 43.4 Å². The number of ketones is 1. The summed E-state index contributed by atoms with van der Waals surface area (Å²) in [5.41, 5.74) is 4.91. The van der Waals surface area contributed by atoms with Gasteiger partial charge in [0, 0.05) is 60.3 Å². The number of allylic oxidation sites excluding steroid dienone is 2. The van der Waals surface area contributed by atoms with Crippen LogP contribution in [0.5, 0.6) is 0 Å². The molecule has 0 aliphatic rings. The van der Waals surface area contributed by atoms with E-state index >= 15 is 0 Å². The first-order valence-corrected chi connectivity index (χ1v) is 17.7. The van der Waals surface area contributed by atoms with Gasteiger partial charge in [-0.25, -0.2) is 0 Å². The Bertz CT molecular complexity index is 1890. The van der Waals surface area contributed by atoms with Crippen molar-refractivity contribution >= 4 is 38.0 Å². The third-order valence-corrected chi connectivity index (χ3v) is 11.0. The number of hydrogen-bond acceptors (Lipinski definition) is 4. The van der Waals surface area contributed by atoms with Gasteiger partial charge in [-0.15, -0.1) is 40.5 Å². The molecular formula is C42H51IrN2O2S-. The topological polar surface area (TPSA) is 54.1 Å². The summed E-state index contributed by atoms with van der Waals surface area (Å²) in [7, 11) is 4.23. The number of rotatable bonds is 9. The monoisotopic (exact) mass is 840 g/mol. The predicted molar refractivity (Wildman–Crippen MR) is 200 cm³/mol. The second-order valence-electron chi connectivity index (χ2n) is 14.1. The van der Waals surface area contributed by atoms with Crippen molar-refractivity contribution in [3.05, 3.63) is 103 Å². The maximum atomic E-state index is 12.2. The largest absolute Gasteiger partial charge is 0.512 e. The molecule has 0 spiro atoms. The second kappa shape index (κ2) is 15.9. The Morgan fingerprint density at radius 3 is 2.19 bits per heavy atom. The summed E-state index contributed by atoms with van der Waals surface area (Å²) in [6, 6.07) is 22.9. The number of aliphatic hydroxyl groups excluding tert-OH is 1. The predicted octanol–water partition coefficient (Wildman–Crippen LogP) is 11.5. The average molecular weight is 840 g/mol. The number of hydrogen-bond donors (Lipinski definition) is 1. The van der Waals surface area contributed by atoms with Crippen LogP contribution in [0.15, 0.2) is 84.2 Å². The zero-order valence-corrected chi connectivity index (χ0v) is 33.2. The molecule has 0 fully saturated rings. The Morgan fingerprint density at radius 1 is 0.917 bits per heavy atom. The number of carbonyl (C=O) groups excluding carboxylic acids is 1. The maximum Gasteiger partial charge on any atom is 0.164 e. The van der Waals surface area contributed by atoms with E-state index in [2.05, 4.69) is 98.8 Å². The molecule has 5 aromatic rings. The Hall–Kier alpha value is -3.31. The van der Waals surface area contributed by atoms with Crippen molar-refractivity contribution in [2.45, 2.75) is 93.4 Å².